The molecule has 3 rings (SSSR count). The van der Waals surface area contributed by atoms with Crippen molar-refractivity contribution in [2.75, 3.05) is 18.4 Å². The smallest absolute Gasteiger partial charge is 0.326 e. The second kappa shape index (κ2) is 9.00. The van der Waals surface area contributed by atoms with E-state index < -0.39 is 27.7 Å². The summed E-state index contributed by atoms with van der Waals surface area (Å²) in [6.45, 7) is 5.01. The van der Waals surface area contributed by atoms with Crippen LogP contribution < -0.4 is 5.32 Å². The van der Waals surface area contributed by atoms with E-state index in [-0.39, 0.29) is 28.7 Å². The van der Waals surface area contributed by atoms with Gasteiger partial charge in [0.05, 0.1) is 16.9 Å². The summed E-state index contributed by atoms with van der Waals surface area (Å²) in [5, 5.41) is 2.59. The van der Waals surface area contributed by atoms with Crippen LogP contribution in [0.25, 0.3) is 0 Å². The molecule has 31 heavy (non-hydrogen) atoms. The molecule has 0 saturated carbocycles. The Morgan fingerprint density at radius 3 is 2.26 bits per heavy atom. The highest BCUT2D eigenvalue weighted by molar-refractivity contribution is 7.89. The number of nitrogens with one attached hydrogen (secondary N) is 1. The first kappa shape index (κ1) is 23.3. The van der Waals surface area contributed by atoms with E-state index in [4.69, 9.17) is 0 Å². The first-order chi connectivity index (χ1) is 14.4. The van der Waals surface area contributed by atoms with Crippen molar-refractivity contribution in [1.29, 1.82) is 0 Å². The lowest BCUT2D eigenvalue weighted by Crippen LogP contribution is -2.42. The molecule has 1 N–H and O–H groups in total. The fourth-order valence-corrected chi connectivity index (χ4v) is 5.59. The number of alkyl halides is 3. The highest BCUT2D eigenvalue weighted by Crippen LogP contribution is 2.30. The highest BCUT2D eigenvalue weighted by Gasteiger charge is 2.32. The summed E-state index contributed by atoms with van der Waals surface area (Å²) in [4.78, 5) is 12.4. The van der Waals surface area contributed by atoms with Gasteiger partial charge in [0.15, 0.2) is 0 Å². The number of piperidine rings is 1. The zero-order valence-corrected chi connectivity index (χ0v) is 18.1. The molecule has 168 valence electrons. The molecule has 5 nitrogen and oxygen atoms in total. The normalized spacial score (nSPS) is 20.4. The van der Waals surface area contributed by atoms with Gasteiger partial charge < -0.3 is 5.32 Å². The molecule has 2 aromatic rings. The van der Waals surface area contributed by atoms with Gasteiger partial charge in [-0.05, 0) is 54.2 Å². The zero-order chi connectivity index (χ0) is 22.8. The molecule has 0 spiro atoms. The molecule has 0 aliphatic carbocycles. The van der Waals surface area contributed by atoms with Crippen molar-refractivity contribution >= 4 is 21.6 Å². The standard InChI is InChI=1S/C22H25F3N2O3S/c1-15-10-16(2)14-27(13-15)31(29,30)20-8-6-19(7-9-20)26-21(28)12-17-4-3-5-18(11-17)22(23,24)25/h3-9,11,15-16H,10,12-14H2,1-2H3,(H,26,28). The van der Waals surface area contributed by atoms with Crippen molar-refractivity contribution in [1.82, 2.24) is 4.31 Å². The van der Waals surface area contributed by atoms with Crippen molar-refractivity contribution in [3.63, 3.8) is 0 Å². The summed E-state index contributed by atoms with van der Waals surface area (Å²) in [6, 6.07) is 10.4. The first-order valence-electron chi connectivity index (χ1n) is 10.0. The van der Waals surface area contributed by atoms with Crippen LogP contribution in [-0.4, -0.2) is 31.7 Å². The molecule has 2 atom stereocenters. The molecule has 2 aromatic carbocycles. The number of hydrogen-bond donors (Lipinski definition) is 1. The average molecular weight is 455 g/mol. The fourth-order valence-electron chi connectivity index (χ4n) is 3.91. The van der Waals surface area contributed by atoms with Crippen molar-refractivity contribution in [3.8, 4) is 0 Å². The zero-order valence-electron chi connectivity index (χ0n) is 17.3. The maximum atomic E-state index is 12.9. The van der Waals surface area contributed by atoms with E-state index in [0.29, 0.717) is 18.8 Å². The fraction of sp³-hybridized carbons (Fsp3) is 0.409. The molecule has 1 amide bonds. The van der Waals surface area contributed by atoms with Crippen LogP contribution in [0.15, 0.2) is 53.4 Å². The SMILES string of the molecule is CC1CC(C)CN(S(=O)(=O)c2ccc(NC(=O)Cc3cccc(C(F)(F)F)c3)cc2)C1. The van der Waals surface area contributed by atoms with Crippen molar-refractivity contribution in [2.24, 2.45) is 11.8 Å². The Morgan fingerprint density at radius 2 is 1.68 bits per heavy atom. The number of halogens is 3. The molecular formula is C22H25F3N2O3S. The van der Waals surface area contributed by atoms with Gasteiger partial charge in [0.2, 0.25) is 15.9 Å². The maximum absolute atomic E-state index is 12.9. The van der Waals surface area contributed by atoms with Crippen LogP contribution >= 0.6 is 0 Å². The van der Waals surface area contributed by atoms with Crippen LogP contribution in [0, 0.1) is 11.8 Å². The number of carbonyl (C=O) groups excluding carboxylic acids is 1. The van der Waals surface area contributed by atoms with Gasteiger partial charge in [0, 0.05) is 18.8 Å². The van der Waals surface area contributed by atoms with Gasteiger partial charge in [-0.15, -0.1) is 0 Å². The monoisotopic (exact) mass is 454 g/mol. The van der Waals surface area contributed by atoms with E-state index in [0.717, 1.165) is 18.6 Å². The first-order valence-corrected chi connectivity index (χ1v) is 11.5. The van der Waals surface area contributed by atoms with Crippen LogP contribution in [0.1, 0.15) is 31.4 Å². The summed E-state index contributed by atoms with van der Waals surface area (Å²) in [6.07, 6.45) is -3.71. The number of anilines is 1. The minimum atomic E-state index is -4.47. The Balaban J connectivity index is 1.66. The van der Waals surface area contributed by atoms with E-state index in [1.165, 1.54) is 40.7 Å². The van der Waals surface area contributed by atoms with Gasteiger partial charge in [-0.25, -0.2) is 8.42 Å². The number of rotatable bonds is 5. The van der Waals surface area contributed by atoms with Gasteiger partial charge in [-0.1, -0.05) is 32.0 Å². The minimum absolute atomic E-state index is 0.143. The Labute approximate surface area is 180 Å². The molecule has 0 bridgehead atoms. The molecule has 0 aromatic heterocycles. The quantitative estimate of drug-likeness (QED) is 0.721. The third-order valence-electron chi connectivity index (χ3n) is 5.23. The molecule has 0 radical (unpaired) electrons. The second-order valence-corrected chi connectivity index (χ2v) is 10.2. The van der Waals surface area contributed by atoms with E-state index >= 15 is 0 Å². The summed E-state index contributed by atoms with van der Waals surface area (Å²) in [7, 11) is -3.63. The van der Waals surface area contributed by atoms with E-state index in [2.05, 4.69) is 5.32 Å². The topological polar surface area (TPSA) is 66.5 Å². The molecule has 2 unspecified atom stereocenters. The number of benzene rings is 2. The number of carbonyl (C=O) groups is 1. The molecule has 1 fully saturated rings. The Morgan fingerprint density at radius 1 is 1.06 bits per heavy atom. The summed E-state index contributed by atoms with van der Waals surface area (Å²) in [5.41, 5.74) is -0.204. The van der Waals surface area contributed by atoms with Gasteiger partial charge >= 0.3 is 6.18 Å². The Hall–Kier alpha value is -2.39. The van der Waals surface area contributed by atoms with Crippen LogP contribution in [0.4, 0.5) is 18.9 Å². The van der Waals surface area contributed by atoms with Crippen molar-refractivity contribution in [3.05, 3.63) is 59.7 Å². The minimum Gasteiger partial charge on any atom is -0.326 e. The number of hydrogen-bond acceptors (Lipinski definition) is 3. The third kappa shape index (κ3) is 5.86. The molecule has 1 aliphatic rings. The molecule has 1 saturated heterocycles. The number of nitrogens with zero attached hydrogens (tertiary/aromatic N) is 1. The van der Waals surface area contributed by atoms with Crippen LogP contribution in [0.5, 0.6) is 0 Å². The van der Waals surface area contributed by atoms with Crippen LogP contribution in [0.3, 0.4) is 0 Å². The van der Waals surface area contributed by atoms with E-state index in [9.17, 15) is 26.4 Å². The Bertz CT molecular complexity index is 1030. The predicted octanol–water partition coefficient (Wildman–Crippen LogP) is 4.55. The van der Waals surface area contributed by atoms with Gasteiger partial charge in [-0.3, -0.25) is 4.79 Å². The predicted molar refractivity (Wildman–Crippen MR) is 112 cm³/mol. The third-order valence-corrected chi connectivity index (χ3v) is 7.08. The number of amides is 1. The molecule has 9 heteroatoms. The lowest BCUT2D eigenvalue weighted by Gasteiger charge is -2.34. The Kier molecular flexibility index (Phi) is 6.76. The lowest BCUT2D eigenvalue weighted by atomic mass is 9.94. The largest absolute Gasteiger partial charge is 0.416 e. The second-order valence-electron chi connectivity index (χ2n) is 8.22. The van der Waals surface area contributed by atoms with E-state index in [1.54, 1.807) is 0 Å². The maximum Gasteiger partial charge on any atom is 0.416 e. The number of sulfonamides is 1. The van der Waals surface area contributed by atoms with E-state index in [1.807, 2.05) is 13.8 Å². The van der Waals surface area contributed by atoms with Crippen molar-refractivity contribution < 1.29 is 26.4 Å². The highest BCUT2D eigenvalue weighted by atomic mass is 32.2. The van der Waals surface area contributed by atoms with Gasteiger partial charge in [0.25, 0.3) is 0 Å². The van der Waals surface area contributed by atoms with Crippen LogP contribution in [-0.2, 0) is 27.4 Å². The summed E-state index contributed by atoms with van der Waals surface area (Å²) < 4.78 is 65.7. The van der Waals surface area contributed by atoms with Crippen LogP contribution in [0.2, 0.25) is 0 Å². The lowest BCUT2D eigenvalue weighted by molar-refractivity contribution is -0.137. The summed E-state index contributed by atoms with van der Waals surface area (Å²) in [5.74, 6) is 0.0782. The van der Waals surface area contributed by atoms with Gasteiger partial charge in [-0.2, -0.15) is 17.5 Å². The molecule has 1 heterocycles. The summed E-state index contributed by atoms with van der Waals surface area (Å²) >= 11 is 0. The average Bonchev–Trinajstić information content (AvgIpc) is 2.67. The molecule has 1 aliphatic heterocycles. The van der Waals surface area contributed by atoms with Crippen molar-refractivity contribution in [2.45, 2.75) is 37.8 Å². The van der Waals surface area contributed by atoms with Gasteiger partial charge in [0.1, 0.15) is 0 Å². The molecular weight excluding hydrogens is 429 g/mol.